The highest BCUT2D eigenvalue weighted by atomic mass is 16.5. The van der Waals surface area contributed by atoms with E-state index in [1.54, 1.807) is 18.2 Å². The van der Waals surface area contributed by atoms with E-state index in [-0.39, 0.29) is 11.9 Å². The number of hydrogen-bond acceptors (Lipinski definition) is 4. The van der Waals surface area contributed by atoms with Crippen LogP contribution in [0.1, 0.15) is 49.9 Å². The van der Waals surface area contributed by atoms with Gasteiger partial charge in [-0.15, -0.1) is 0 Å². The van der Waals surface area contributed by atoms with Gasteiger partial charge in [-0.1, -0.05) is 6.92 Å². The van der Waals surface area contributed by atoms with E-state index in [4.69, 9.17) is 14.6 Å². The molecule has 2 rings (SSSR count). The van der Waals surface area contributed by atoms with E-state index >= 15 is 0 Å². The van der Waals surface area contributed by atoms with Gasteiger partial charge in [0.1, 0.15) is 0 Å². The molecule has 0 aliphatic heterocycles. The number of carbonyl (C=O) groups is 2. The standard InChI is InChI=1S/C18H25NO5/c1-3-23-16-10-13(6-9-15(16)24-11-17(20)21)18(22)19-14-7-4-12(2)5-8-14/h6,9-10,12,14H,3-5,7-8,11H2,1-2H3,(H,19,22)(H,20,21). The number of carboxylic acid groups (broad SMARTS) is 1. The van der Waals surface area contributed by atoms with Crippen molar-refractivity contribution in [1.82, 2.24) is 5.32 Å². The summed E-state index contributed by atoms with van der Waals surface area (Å²) in [5.41, 5.74) is 0.486. The average molecular weight is 335 g/mol. The van der Waals surface area contributed by atoms with Crippen LogP contribution < -0.4 is 14.8 Å². The smallest absolute Gasteiger partial charge is 0.341 e. The number of benzene rings is 1. The first kappa shape index (κ1) is 18.1. The summed E-state index contributed by atoms with van der Waals surface area (Å²) in [7, 11) is 0. The third kappa shape index (κ3) is 5.15. The second kappa shape index (κ2) is 8.57. The number of ether oxygens (including phenoxy) is 2. The van der Waals surface area contributed by atoms with E-state index in [2.05, 4.69) is 12.2 Å². The van der Waals surface area contributed by atoms with Gasteiger partial charge < -0.3 is 19.9 Å². The van der Waals surface area contributed by atoms with Gasteiger partial charge in [-0.2, -0.15) is 0 Å². The second-order valence-corrected chi connectivity index (χ2v) is 6.21. The Kier molecular flexibility index (Phi) is 6.46. The van der Waals surface area contributed by atoms with Gasteiger partial charge >= 0.3 is 5.97 Å². The van der Waals surface area contributed by atoms with Crippen LogP contribution in [0.4, 0.5) is 0 Å². The lowest BCUT2D eigenvalue weighted by Crippen LogP contribution is -2.37. The Morgan fingerprint density at radius 3 is 2.50 bits per heavy atom. The average Bonchev–Trinajstić information content (AvgIpc) is 2.56. The van der Waals surface area contributed by atoms with Crippen molar-refractivity contribution in [3.05, 3.63) is 23.8 Å². The molecule has 6 heteroatoms. The first-order chi connectivity index (χ1) is 11.5. The number of hydrogen-bond donors (Lipinski definition) is 2. The normalized spacial score (nSPS) is 20.2. The molecule has 1 aliphatic rings. The molecule has 0 spiro atoms. The molecular formula is C18H25NO5. The van der Waals surface area contributed by atoms with E-state index in [1.807, 2.05) is 6.92 Å². The zero-order valence-corrected chi connectivity index (χ0v) is 14.2. The monoisotopic (exact) mass is 335 g/mol. The molecule has 1 amide bonds. The van der Waals surface area contributed by atoms with Crippen LogP contribution in [0.15, 0.2) is 18.2 Å². The van der Waals surface area contributed by atoms with Crippen molar-refractivity contribution in [2.75, 3.05) is 13.2 Å². The fourth-order valence-corrected chi connectivity index (χ4v) is 2.85. The van der Waals surface area contributed by atoms with E-state index in [9.17, 15) is 9.59 Å². The van der Waals surface area contributed by atoms with Gasteiger partial charge in [-0.3, -0.25) is 4.79 Å². The van der Waals surface area contributed by atoms with Crippen LogP contribution in [0.5, 0.6) is 11.5 Å². The van der Waals surface area contributed by atoms with Gasteiger partial charge in [0.15, 0.2) is 18.1 Å². The summed E-state index contributed by atoms with van der Waals surface area (Å²) in [6.45, 7) is 4.00. The number of carbonyl (C=O) groups excluding carboxylic acids is 1. The molecule has 132 valence electrons. The number of aliphatic carboxylic acids is 1. The Bertz CT molecular complexity index is 579. The van der Waals surface area contributed by atoms with Crippen LogP contribution in [0.25, 0.3) is 0 Å². The summed E-state index contributed by atoms with van der Waals surface area (Å²) in [5.74, 6) is 0.227. The lowest BCUT2D eigenvalue weighted by molar-refractivity contribution is -0.139. The number of amides is 1. The van der Waals surface area contributed by atoms with Crippen LogP contribution in [-0.2, 0) is 4.79 Å². The minimum absolute atomic E-state index is 0.139. The van der Waals surface area contributed by atoms with Crippen molar-refractivity contribution in [3.8, 4) is 11.5 Å². The fourth-order valence-electron chi connectivity index (χ4n) is 2.85. The van der Waals surface area contributed by atoms with Crippen LogP contribution >= 0.6 is 0 Å². The van der Waals surface area contributed by atoms with Crippen LogP contribution in [0.3, 0.4) is 0 Å². The zero-order chi connectivity index (χ0) is 17.5. The highest BCUT2D eigenvalue weighted by molar-refractivity contribution is 5.95. The Hall–Kier alpha value is -2.24. The molecule has 6 nitrogen and oxygen atoms in total. The maximum Gasteiger partial charge on any atom is 0.341 e. The summed E-state index contributed by atoms with van der Waals surface area (Å²) in [4.78, 5) is 23.1. The lowest BCUT2D eigenvalue weighted by atomic mass is 9.87. The van der Waals surface area contributed by atoms with Gasteiger partial charge in [-0.05, 0) is 56.7 Å². The van der Waals surface area contributed by atoms with Crippen LogP contribution in [-0.4, -0.2) is 36.2 Å². The Morgan fingerprint density at radius 2 is 1.88 bits per heavy atom. The van der Waals surface area contributed by atoms with Crippen molar-refractivity contribution < 1.29 is 24.2 Å². The van der Waals surface area contributed by atoms with Gasteiger partial charge in [0, 0.05) is 11.6 Å². The van der Waals surface area contributed by atoms with Crippen LogP contribution in [0, 0.1) is 5.92 Å². The number of carboxylic acids is 1. The van der Waals surface area contributed by atoms with Crippen molar-refractivity contribution in [2.45, 2.75) is 45.6 Å². The number of nitrogens with one attached hydrogen (secondary N) is 1. The molecule has 1 aromatic rings. The predicted molar refractivity (Wildman–Crippen MR) is 89.6 cm³/mol. The summed E-state index contributed by atoms with van der Waals surface area (Å²) < 4.78 is 10.7. The third-order valence-electron chi connectivity index (χ3n) is 4.21. The van der Waals surface area contributed by atoms with E-state index in [1.165, 1.54) is 0 Å². The van der Waals surface area contributed by atoms with E-state index < -0.39 is 12.6 Å². The first-order valence-corrected chi connectivity index (χ1v) is 8.42. The number of rotatable bonds is 7. The molecule has 0 saturated heterocycles. The molecule has 1 aromatic carbocycles. The first-order valence-electron chi connectivity index (χ1n) is 8.42. The summed E-state index contributed by atoms with van der Waals surface area (Å²) >= 11 is 0. The summed E-state index contributed by atoms with van der Waals surface area (Å²) in [6, 6.07) is 5.01. The quantitative estimate of drug-likeness (QED) is 0.800. The molecule has 0 heterocycles. The maximum atomic E-state index is 12.4. The molecule has 0 unspecified atom stereocenters. The molecule has 1 saturated carbocycles. The molecule has 1 aliphatic carbocycles. The molecular weight excluding hydrogens is 310 g/mol. The Morgan fingerprint density at radius 1 is 1.17 bits per heavy atom. The van der Waals surface area contributed by atoms with Gasteiger partial charge in [0.25, 0.3) is 5.91 Å². The Labute approximate surface area is 142 Å². The summed E-state index contributed by atoms with van der Waals surface area (Å²) in [6.07, 6.45) is 4.28. The molecule has 0 radical (unpaired) electrons. The maximum absolute atomic E-state index is 12.4. The lowest BCUT2D eigenvalue weighted by Gasteiger charge is -2.27. The largest absolute Gasteiger partial charge is 0.490 e. The molecule has 0 aromatic heterocycles. The molecule has 2 N–H and O–H groups in total. The van der Waals surface area contributed by atoms with Crippen molar-refractivity contribution in [1.29, 1.82) is 0 Å². The minimum Gasteiger partial charge on any atom is -0.490 e. The minimum atomic E-state index is -1.06. The molecule has 1 fully saturated rings. The summed E-state index contributed by atoms with van der Waals surface area (Å²) in [5, 5.41) is 11.8. The van der Waals surface area contributed by atoms with Gasteiger partial charge in [-0.25, -0.2) is 4.79 Å². The van der Waals surface area contributed by atoms with Crippen molar-refractivity contribution in [3.63, 3.8) is 0 Å². The third-order valence-corrected chi connectivity index (χ3v) is 4.21. The van der Waals surface area contributed by atoms with Crippen molar-refractivity contribution in [2.24, 2.45) is 5.92 Å². The highest BCUT2D eigenvalue weighted by Gasteiger charge is 2.21. The van der Waals surface area contributed by atoms with Crippen LogP contribution in [0.2, 0.25) is 0 Å². The zero-order valence-electron chi connectivity index (χ0n) is 14.2. The predicted octanol–water partition coefficient (Wildman–Crippen LogP) is 2.86. The van der Waals surface area contributed by atoms with Gasteiger partial charge in [0.05, 0.1) is 6.61 Å². The Balaban J connectivity index is 2.04. The van der Waals surface area contributed by atoms with Crippen molar-refractivity contribution >= 4 is 11.9 Å². The van der Waals surface area contributed by atoms with Gasteiger partial charge in [0.2, 0.25) is 0 Å². The topological polar surface area (TPSA) is 84.9 Å². The molecule has 0 bridgehead atoms. The highest BCUT2D eigenvalue weighted by Crippen LogP contribution is 2.29. The second-order valence-electron chi connectivity index (χ2n) is 6.21. The van der Waals surface area contributed by atoms with E-state index in [0.29, 0.717) is 23.7 Å². The SMILES string of the molecule is CCOc1cc(C(=O)NC2CCC(C)CC2)ccc1OCC(=O)O. The van der Waals surface area contributed by atoms with E-state index in [0.717, 1.165) is 31.6 Å². The molecule has 0 atom stereocenters. The fraction of sp³-hybridized carbons (Fsp3) is 0.556. The molecule has 24 heavy (non-hydrogen) atoms.